The van der Waals surface area contributed by atoms with Gasteiger partial charge in [-0.25, -0.2) is 0 Å². The molecule has 28 heavy (non-hydrogen) atoms. The highest BCUT2D eigenvalue weighted by Gasteiger charge is 1.94. The van der Waals surface area contributed by atoms with Crippen LogP contribution in [-0.4, -0.2) is 90.3 Å². The van der Waals surface area contributed by atoms with Gasteiger partial charge in [0.1, 0.15) is 6.61 Å². The first-order chi connectivity index (χ1) is 13.9. The summed E-state index contributed by atoms with van der Waals surface area (Å²) >= 11 is 2.42. The van der Waals surface area contributed by atoms with Gasteiger partial charge in [-0.3, -0.25) is 0 Å². The van der Waals surface area contributed by atoms with Crippen LogP contribution in [0, 0.1) is 0 Å². The van der Waals surface area contributed by atoms with Crippen LogP contribution in [-0.2, 0) is 33.2 Å². The maximum atomic E-state index is 5.53. The molecule has 0 aromatic rings. The fourth-order valence-corrected chi connectivity index (χ4v) is 2.58. The number of alkyl halides is 1. The van der Waals surface area contributed by atoms with Crippen molar-refractivity contribution in [1.82, 2.24) is 0 Å². The Kier molecular flexibility index (Phi) is 27.1. The second-order valence-corrected chi connectivity index (χ2v) is 6.89. The van der Waals surface area contributed by atoms with Crippen LogP contribution in [0.1, 0.15) is 25.7 Å². The summed E-state index contributed by atoms with van der Waals surface area (Å²) in [7, 11) is 0. The maximum Gasteiger partial charge on any atom is 0.111 e. The van der Waals surface area contributed by atoms with Gasteiger partial charge in [0.05, 0.1) is 78.9 Å². The van der Waals surface area contributed by atoms with Gasteiger partial charge in [0, 0.05) is 6.61 Å². The molecule has 7 nitrogen and oxygen atoms in total. The smallest absolute Gasteiger partial charge is 0.111 e. The van der Waals surface area contributed by atoms with E-state index in [-0.39, 0.29) is 0 Å². The van der Waals surface area contributed by atoms with Gasteiger partial charge in [0.15, 0.2) is 0 Å². The lowest BCUT2D eigenvalue weighted by molar-refractivity contribution is -0.0185. The van der Waals surface area contributed by atoms with Crippen molar-refractivity contribution < 1.29 is 33.2 Å². The molecule has 0 fully saturated rings. The zero-order chi connectivity index (χ0) is 20.4. The minimum absolute atomic E-state index is 0.518. The molecule has 0 atom stereocenters. The predicted octanol–water partition coefficient (Wildman–Crippen LogP) is 3.24. The zero-order valence-corrected chi connectivity index (χ0v) is 19.4. The van der Waals surface area contributed by atoms with Crippen LogP contribution in [0.4, 0.5) is 0 Å². The summed E-state index contributed by atoms with van der Waals surface area (Å²) in [6.45, 7) is 11.1. The summed E-state index contributed by atoms with van der Waals surface area (Å²) in [5.74, 6) is 0. The van der Waals surface area contributed by atoms with Crippen LogP contribution in [0.3, 0.4) is 0 Å². The lowest BCUT2D eigenvalue weighted by atomic mass is 10.2. The van der Waals surface area contributed by atoms with E-state index in [1.807, 2.05) is 0 Å². The maximum absolute atomic E-state index is 5.53. The predicted molar refractivity (Wildman–Crippen MR) is 118 cm³/mol. The summed E-state index contributed by atoms with van der Waals surface area (Å²) in [6.07, 6.45) is 6.42. The van der Waals surface area contributed by atoms with Gasteiger partial charge in [-0.1, -0.05) is 42.0 Å². The molecule has 0 aromatic carbocycles. The Morgan fingerprint density at radius 1 is 0.464 bits per heavy atom. The second kappa shape index (κ2) is 27.0. The number of halogens is 1. The lowest BCUT2D eigenvalue weighted by Crippen LogP contribution is -2.14. The first kappa shape index (κ1) is 28.0. The van der Waals surface area contributed by atoms with Gasteiger partial charge in [0.25, 0.3) is 0 Å². The van der Waals surface area contributed by atoms with Crippen LogP contribution in [0.2, 0.25) is 0 Å². The SMILES string of the molecule is C=COCCOCCOCCOCCOCCOCCOCCCCCCI. The highest BCUT2D eigenvalue weighted by molar-refractivity contribution is 14.1. The molecule has 0 heterocycles. The third-order valence-electron chi connectivity index (χ3n) is 3.50. The third kappa shape index (κ3) is 26.0. The van der Waals surface area contributed by atoms with Crippen molar-refractivity contribution in [2.45, 2.75) is 25.7 Å². The van der Waals surface area contributed by atoms with Crippen molar-refractivity contribution in [2.24, 2.45) is 0 Å². The summed E-state index contributed by atoms with van der Waals surface area (Å²) in [4.78, 5) is 0. The van der Waals surface area contributed by atoms with Gasteiger partial charge < -0.3 is 33.2 Å². The topological polar surface area (TPSA) is 64.6 Å². The summed E-state index contributed by atoms with van der Waals surface area (Å²) in [5.41, 5.74) is 0. The molecule has 8 heteroatoms. The summed E-state index contributed by atoms with van der Waals surface area (Å²) in [5, 5.41) is 0. The van der Waals surface area contributed by atoms with Crippen LogP contribution < -0.4 is 0 Å². The first-order valence-corrected chi connectivity index (χ1v) is 11.7. The Bertz CT molecular complexity index is 296. The van der Waals surface area contributed by atoms with E-state index in [1.54, 1.807) is 0 Å². The zero-order valence-electron chi connectivity index (χ0n) is 17.2. The molecular formula is C20H39IO7. The second-order valence-electron chi connectivity index (χ2n) is 5.81. The molecule has 0 radical (unpaired) electrons. The Balaban J connectivity index is 2.97. The van der Waals surface area contributed by atoms with Gasteiger partial charge in [0.2, 0.25) is 0 Å². The lowest BCUT2D eigenvalue weighted by Gasteiger charge is -2.08. The number of hydrogen-bond donors (Lipinski definition) is 0. The highest BCUT2D eigenvalue weighted by Crippen LogP contribution is 2.02. The van der Waals surface area contributed by atoms with E-state index in [4.69, 9.17) is 33.2 Å². The Labute approximate surface area is 184 Å². The molecule has 0 saturated carbocycles. The molecule has 0 aliphatic carbocycles. The Morgan fingerprint density at radius 3 is 1.21 bits per heavy atom. The van der Waals surface area contributed by atoms with Crippen LogP contribution in [0.25, 0.3) is 0 Å². The first-order valence-electron chi connectivity index (χ1n) is 10.2. The van der Waals surface area contributed by atoms with Crippen LogP contribution >= 0.6 is 22.6 Å². The molecule has 168 valence electrons. The molecule has 0 rings (SSSR count). The van der Waals surface area contributed by atoms with Crippen molar-refractivity contribution in [1.29, 1.82) is 0 Å². The fourth-order valence-electron chi connectivity index (χ4n) is 2.04. The summed E-state index contributed by atoms with van der Waals surface area (Å²) < 4.78 is 38.7. The normalized spacial score (nSPS) is 11.0. The number of rotatable bonds is 25. The van der Waals surface area contributed by atoms with E-state index >= 15 is 0 Å². The van der Waals surface area contributed by atoms with Gasteiger partial charge in [-0.05, 0) is 17.3 Å². The van der Waals surface area contributed by atoms with Crippen molar-refractivity contribution >= 4 is 22.6 Å². The molecule has 0 saturated heterocycles. The van der Waals surface area contributed by atoms with Crippen LogP contribution in [0.5, 0.6) is 0 Å². The Morgan fingerprint density at radius 2 is 0.821 bits per heavy atom. The van der Waals surface area contributed by atoms with E-state index in [0.717, 1.165) is 13.0 Å². The molecule has 0 aromatic heterocycles. The molecule has 0 aliphatic heterocycles. The van der Waals surface area contributed by atoms with E-state index in [9.17, 15) is 0 Å². The van der Waals surface area contributed by atoms with E-state index in [1.165, 1.54) is 30.0 Å². The minimum Gasteiger partial charge on any atom is -0.499 e. The molecule has 0 unspecified atom stereocenters. The standard InChI is InChI=1S/C20H39IO7/c1-2-22-9-10-24-13-14-26-17-18-28-20-19-27-16-15-25-12-11-23-8-6-4-3-5-7-21/h2H,1,3-20H2. The van der Waals surface area contributed by atoms with E-state index in [0.29, 0.717) is 79.3 Å². The van der Waals surface area contributed by atoms with E-state index < -0.39 is 0 Å². The third-order valence-corrected chi connectivity index (χ3v) is 4.26. The number of ether oxygens (including phenoxy) is 7. The van der Waals surface area contributed by atoms with Crippen molar-refractivity contribution in [3.05, 3.63) is 12.8 Å². The molecule has 0 spiro atoms. The largest absolute Gasteiger partial charge is 0.499 e. The monoisotopic (exact) mass is 518 g/mol. The number of unbranched alkanes of at least 4 members (excludes halogenated alkanes) is 3. The van der Waals surface area contributed by atoms with Gasteiger partial charge in [-0.2, -0.15) is 0 Å². The van der Waals surface area contributed by atoms with Crippen LogP contribution in [0.15, 0.2) is 12.8 Å². The van der Waals surface area contributed by atoms with Crippen molar-refractivity contribution in [3.63, 3.8) is 0 Å². The minimum atomic E-state index is 0.518. The fraction of sp³-hybridized carbons (Fsp3) is 0.900. The van der Waals surface area contributed by atoms with E-state index in [2.05, 4.69) is 29.2 Å². The summed E-state index contributed by atoms with van der Waals surface area (Å²) in [6, 6.07) is 0. The number of hydrogen-bond acceptors (Lipinski definition) is 7. The average Bonchev–Trinajstić information content (AvgIpc) is 2.71. The molecule has 0 N–H and O–H groups in total. The molecule has 0 bridgehead atoms. The molecule has 0 amide bonds. The quantitative estimate of drug-likeness (QED) is 0.0796. The highest BCUT2D eigenvalue weighted by atomic mass is 127. The van der Waals surface area contributed by atoms with Crippen molar-refractivity contribution in [3.8, 4) is 0 Å². The van der Waals surface area contributed by atoms with Gasteiger partial charge in [-0.15, -0.1) is 0 Å². The van der Waals surface area contributed by atoms with Crippen molar-refractivity contribution in [2.75, 3.05) is 90.3 Å². The average molecular weight is 518 g/mol. The van der Waals surface area contributed by atoms with Gasteiger partial charge >= 0.3 is 0 Å². The Hall–Kier alpha value is 0.0300. The molecular weight excluding hydrogens is 479 g/mol. The molecule has 0 aliphatic rings.